The van der Waals surface area contributed by atoms with E-state index in [0.29, 0.717) is 0 Å². The van der Waals surface area contributed by atoms with Crippen LogP contribution in [0.1, 0.15) is 35.4 Å². The van der Waals surface area contributed by atoms with Gasteiger partial charge in [-0.05, 0) is 47.9 Å². The molecule has 2 aromatic rings. The van der Waals surface area contributed by atoms with Crippen molar-refractivity contribution in [3.8, 4) is 0 Å². The Labute approximate surface area is 127 Å². The van der Waals surface area contributed by atoms with E-state index < -0.39 is 0 Å². The maximum absolute atomic E-state index is 5.19. The van der Waals surface area contributed by atoms with E-state index in [-0.39, 0.29) is 0 Å². The first kappa shape index (κ1) is 14.2. The second-order valence-electron chi connectivity index (χ2n) is 5.73. The van der Waals surface area contributed by atoms with Crippen LogP contribution in [0.25, 0.3) is 0 Å². The summed E-state index contributed by atoms with van der Waals surface area (Å²) < 4.78 is 5.19. The van der Waals surface area contributed by atoms with Crippen molar-refractivity contribution in [1.29, 1.82) is 0 Å². The van der Waals surface area contributed by atoms with Crippen LogP contribution in [-0.2, 0) is 17.7 Å². The molecule has 1 N–H and O–H groups in total. The van der Waals surface area contributed by atoms with Gasteiger partial charge in [-0.1, -0.05) is 42.5 Å². The van der Waals surface area contributed by atoms with Crippen LogP contribution in [0.15, 0.2) is 48.5 Å². The van der Waals surface area contributed by atoms with Crippen molar-refractivity contribution in [3.63, 3.8) is 0 Å². The molecule has 2 heteroatoms. The first-order valence-electron chi connectivity index (χ1n) is 7.77. The molecule has 0 aliphatic heterocycles. The number of benzene rings is 2. The SMILES string of the molecule is COCCc1ccccc1NCc1ccccc1C1CC1. The summed E-state index contributed by atoms with van der Waals surface area (Å²) in [4.78, 5) is 0. The third kappa shape index (κ3) is 3.64. The predicted octanol–water partition coefficient (Wildman–Crippen LogP) is 4.37. The van der Waals surface area contributed by atoms with Crippen molar-refractivity contribution in [1.82, 2.24) is 0 Å². The summed E-state index contributed by atoms with van der Waals surface area (Å²) in [5.74, 6) is 0.798. The Morgan fingerprint density at radius 2 is 1.71 bits per heavy atom. The molecule has 1 aliphatic rings. The molecule has 1 saturated carbocycles. The van der Waals surface area contributed by atoms with Crippen LogP contribution in [0.4, 0.5) is 5.69 Å². The van der Waals surface area contributed by atoms with E-state index in [2.05, 4.69) is 53.8 Å². The Hall–Kier alpha value is -1.80. The first-order valence-corrected chi connectivity index (χ1v) is 7.77. The van der Waals surface area contributed by atoms with E-state index in [1.54, 1.807) is 7.11 Å². The lowest BCUT2D eigenvalue weighted by Crippen LogP contribution is -2.06. The van der Waals surface area contributed by atoms with E-state index in [9.17, 15) is 0 Å². The van der Waals surface area contributed by atoms with Crippen LogP contribution in [0.5, 0.6) is 0 Å². The largest absolute Gasteiger partial charge is 0.384 e. The average molecular weight is 281 g/mol. The van der Waals surface area contributed by atoms with Crippen LogP contribution in [0, 0.1) is 0 Å². The third-order valence-electron chi connectivity index (χ3n) is 4.13. The molecule has 0 bridgehead atoms. The van der Waals surface area contributed by atoms with E-state index in [0.717, 1.165) is 25.5 Å². The molecule has 21 heavy (non-hydrogen) atoms. The molecule has 0 atom stereocenters. The van der Waals surface area contributed by atoms with Crippen molar-refractivity contribution >= 4 is 5.69 Å². The zero-order valence-electron chi connectivity index (χ0n) is 12.6. The predicted molar refractivity (Wildman–Crippen MR) is 87.8 cm³/mol. The van der Waals surface area contributed by atoms with Gasteiger partial charge in [-0.25, -0.2) is 0 Å². The molecular formula is C19H23NO. The summed E-state index contributed by atoms with van der Waals surface area (Å²) >= 11 is 0. The lowest BCUT2D eigenvalue weighted by molar-refractivity contribution is 0.202. The van der Waals surface area contributed by atoms with Crippen LogP contribution < -0.4 is 5.32 Å². The molecule has 0 spiro atoms. The number of ether oxygens (including phenoxy) is 1. The summed E-state index contributed by atoms with van der Waals surface area (Å²) in [5, 5.41) is 3.61. The van der Waals surface area contributed by atoms with Gasteiger partial charge < -0.3 is 10.1 Å². The van der Waals surface area contributed by atoms with Crippen molar-refractivity contribution in [2.24, 2.45) is 0 Å². The Bertz CT molecular complexity index is 590. The van der Waals surface area contributed by atoms with Gasteiger partial charge in [0, 0.05) is 19.3 Å². The number of rotatable bonds is 7. The monoisotopic (exact) mass is 281 g/mol. The maximum Gasteiger partial charge on any atom is 0.0503 e. The average Bonchev–Trinajstić information content (AvgIpc) is 3.37. The summed E-state index contributed by atoms with van der Waals surface area (Å²) in [7, 11) is 1.75. The van der Waals surface area contributed by atoms with Crippen molar-refractivity contribution in [2.75, 3.05) is 19.0 Å². The van der Waals surface area contributed by atoms with Crippen LogP contribution >= 0.6 is 0 Å². The summed E-state index contributed by atoms with van der Waals surface area (Å²) in [6.45, 7) is 1.66. The van der Waals surface area contributed by atoms with Gasteiger partial charge in [0.15, 0.2) is 0 Å². The highest BCUT2D eigenvalue weighted by Gasteiger charge is 2.25. The summed E-state index contributed by atoms with van der Waals surface area (Å²) in [6, 6.07) is 17.3. The minimum atomic E-state index is 0.761. The number of methoxy groups -OCH3 is 1. The van der Waals surface area contributed by atoms with Gasteiger partial charge in [0.25, 0.3) is 0 Å². The standard InChI is InChI=1S/C19H23NO/c1-21-13-12-16-6-3-5-9-19(16)20-14-17-7-2-4-8-18(17)15-10-11-15/h2-9,15,20H,10-14H2,1H3. The van der Waals surface area contributed by atoms with Crippen molar-refractivity contribution in [2.45, 2.75) is 31.7 Å². The molecule has 0 saturated heterocycles. The second-order valence-corrected chi connectivity index (χ2v) is 5.73. The van der Waals surface area contributed by atoms with Gasteiger partial charge in [-0.15, -0.1) is 0 Å². The van der Waals surface area contributed by atoms with Crippen molar-refractivity contribution < 1.29 is 4.74 Å². The highest BCUT2D eigenvalue weighted by molar-refractivity contribution is 5.52. The zero-order chi connectivity index (χ0) is 14.5. The van der Waals surface area contributed by atoms with Gasteiger partial charge in [-0.2, -0.15) is 0 Å². The topological polar surface area (TPSA) is 21.3 Å². The number of nitrogens with one attached hydrogen (secondary N) is 1. The van der Waals surface area contributed by atoms with E-state index in [1.165, 1.54) is 35.2 Å². The molecule has 2 aromatic carbocycles. The van der Waals surface area contributed by atoms with Crippen LogP contribution in [0.2, 0.25) is 0 Å². The van der Waals surface area contributed by atoms with Gasteiger partial charge in [0.2, 0.25) is 0 Å². The Balaban J connectivity index is 1.70. The minimum Gasteiger partial charge on any atom is -0.384 e. The van der Waals surface area contributed by atoms with E-state index in [1.807, 2.05) is 0 Å². The smallest absolute Gasteiger partial charge is 0.0503 e. The molecule has 110 valence electrons. The second kappa shape index (κ2) is 6.77. The number of para-hydroxylation sites is 1. The summed E-state index contributed by atoms with van der Waals surface area (Å²) in [6.07, 6.45) is 3.65. The van der Waals surface area contributed by atoms with Crippen molar-refractivity contribution in [3.05, 3.63) is 65.2 Å². The fourth-order valence-electron chi connectivity index (χ4n) is 2.80. The van der Waals surface area contributed by atoms with E-state index >= 15 is 0 Å². The quantitative estimate of drug-likeness (QED) is 0.814. The lowest BCUT2D eigenvalue weighted by Gasteiger charge is -2.14. The van der Waals surface area contributed by atoms with Crippen LogP contribution in [0.3, 0.4) is 0 Å². The molecule has 0 heterocycles. The molecular weight excluding hydrogens is 258 g/mol. The zero-order valence-corrected chi connectivity index (χ0v) is 12.6. The Morgan fingerprint density at radius 3 is 2.48 bits per heavy atom. The highest BCUT2D eigenvalue weighted by atomic mass is 16.5. The van der Waals surface area contributed by atoms with Gasteiger partial charge in [0.1, 0.15) is 0 Å². The fourth-order valence-corrected chi connectivity index (χ4v) is 2.80. The molecule has 1 fully saturated rings. The minimum absolute atomic E-state index is 0.761. The third-order valence-corrected chi connectivity index (χ3v) is 4.13. The highest BCUT2D eigenvalue weighted by Crippen LogP contribution is 2.41. The Morgan fingerprint density at radius 1 is 1.00 bits per heavy atom. The molecule has 0 unspecified atom stereocenters. The number of anilines is 1. The molecule has 0 radical (unpaired) electrons. The molecule has 0 amide bonds. The van der Waals surface area contributed by atoms with E-state index in [4.69, 9.17) is 4.74 Å². The maximum atomic E-state index is 5.19. The molecule has 0 aromatic heterocycles. The molecule has 2 nitrogen and oxygen atoms in total. The fraction of sp³-hybridized carbons (Fsp3) is 0.368. The molecule has 1 aliphatic carbocycles. The first-order chi connectivity index (χ1) is 10.4. The normalized spacial score (nSPS) is 14.1. The van der Waals surface area contributed by atoms with Gasteiger partial charge in [0.05, 0.1) is 6.61 Å². The van der Waals surface area contributed by atoms with Gasteiger partial charge in [-0.3, -0.25) is 0 Å². The molecule has 3 rings (SSSR count). The summed E-state index contributed by atoms with van der Waals surface area (Å²) in [5.41, 5.74) is 5.50. The van der Waals surface area contributed by atoms with Crippen LogP contribution in [-0.4, -0.2) is 13.7 Å². The number of hydrogen-bond acceptors (Lipinski definition) is 2. The van der Waals surface area contributed by atoms with Gasteiger partial charge >= 0.3 is 0 Å². The number of hydrogen-bond donors (Lipinski definition) is 1. The Kier molecular flexibility index (Phi) is 4.56. The lowest BCUT2D eigenvalue weighted by atomic mass is 10.0.